The van der Waals surface area contributed by atoms with Gasteiger partial charge >= 0.3 is 5.97 Å². The van der Waals surface area contributed by atoms with E-state index >= 15 is 0 Å². The minimum absolute atomic E-state index is 0.0379. The Hall–Kier alpha value is -0.570. The van der Waals surface area contributed by atoms with Crippen LogP contribution in [0.25, 0.3) is 0 Å². The average Bonchev–Trinajstić information content (AvgIpc) is 2.03. The van der Waals surface area contributed by atoms with Crippen LogP contribution in [0, 0.1) is 5.92 Å². The predicted octanol–water partition coefficient (Wildman–Crippen LogP) is -0.916. The Morgan fingerprint density at radius 3 is 2.91 bits per heavy atom. The van der Waals surface area contributed by atoms with E-state index in [1.165, 1.54) is 18.6 Å². The number of quaternary nitrogens is 1. The molecule has 0 aromatic carbocycles. The van der Waals surface area contributed by atoms with Crippen molar-refractivity contribution in [1.29, 1.82) is 0 Å². The van der Waals surface area contributed by atoms with E-state index in [1.807, 2.05) is 0 Å². The monoisotopic (exact) mass is 158 g/mol. The van der Waals surface area contributed by atoms with Gasteiger partial charge in [-0.1, -0.05) is 0 Å². The number of piperidine rings is 1. The molecule has 1 unspecified atom stereocenters. The van der Waals surface area contributed by atoms with Gasteiger partial charge in [-0.2, -0.15) is 0 Å². The molecule has 3 heteroatoms. The number of esters is 1. The van der Waals surface area contributed by atoms with Gasteiger partial charge in [0.05, 0.1) is 27.2 Å². The fourth-order valence-electron chi connectivity index (χ4n) is 1.64. The summed E-state index contributed by atoms with van der Waals surface area (Å²) in [5.41, 5.74) is 0. The highest BCUT2D eigenvalue weighted by Crippen LogP contribution is 2.08. The number of nitrogens with one attached hydrogen (secondary N) is 1. The van der Waals surface area contributed by atoms with Crippen LogP contribution < -0.4 is 4.90 Å². The molecule has 1 fully saturated rings. The van der Waals surface area contributed by atoms with E-state index in [0.717, 1.165) is 19.4 Å². The Balaban J connectivity index is 2.39. The summed E-state index contributed by atoms with van der Waals surface area (Å²) < 4.78 is 4.69. The predicted molar refractivity (Wildman–Crippen MR) is 41.4 cm³/mol. The Morgan fingerprint density at radius 2 is 2.36 bits per heavy atom. The number of hydrogen-bond donors (Lipinski definition) is 1. The molecule has 0 spiro atoms. The molecule has 0 aliphatic carbocycles. The minimum atomic E-state index is -0.0379. The number of methoxy groups -OCH3 is 1. The second-order valence-electron chi connectivity index (χ2n) is 3.27. The fourth-order valence-corrected chi connectivity index (χ4v) is 1.64. The molecule has 0 amide bonds. The number of likely N-dealkylation sites (tertiary alicyclic amines) is 1. The molecule has 0 bridgehead atoms. The number of hydrogen-bond acceptors (Lipinski definition) is 2. The lowest BCUT2D eigenvalue weighted by atomic mass is 9.99. The molecule has 3 nitrogen and oxygen atoms in total. The molecular weight excluding hydrogens is 142 g/mol. The molecule has 1 aliphatic heterocycles. The highest BCUT2D eigenvalue weighted by molar-refractivity contribution is 5.72. The molecule has 64 valence electrons. The summed E-state index contributed by atoms with van der Waals surface area (Å²) in [6, 6.07) is 0. The Morgan fingerprint density at radius 1 is 1.64 bits per heavy atom. The zero-order valence-corrected chi connectivity index (χ0v) is 7.22. The third kappa shape index (κ3) is 2.19. The number of rotatable bonds is 1. The first-order valence-corrected chi connectivity index (χ1v) is 4.13. The third-order valence-electron chi connectivity index (χ3n) is 2.29. The molecule has 1 rings (SSSR count). The Bertz CT molecular complexity index is 147. The fraction of sp³-hybridized carbons (Fsp3) is 0.875. The van der Waals surface area contributed by atoms with E-state index in [4.69, 9.17) is 0 Å². The quantitative estimate of drug-likeness (QED) is 0.501. The summed E-state index contributed by atoms with van der Waals surface area (Å²) in [5, 5.41) is 0. The molecule has 2 atom stereocenters. The van der Waals surface area contributed by atoms with Crippen LogP contribution in [0.15, 0.2) is 0 Å². The third-order valence-corrected chi connectivity index (χ3v) is 2.29. The van der Waals surface area contributed by atoms with Gasteiger partial charge in [-0.15, -0.1) is 0 Å². The van der Waals surface area contributed by atoms with Crippen molar-refractivity contribution in [1.82, 2.24) is 0 Å². The zero-order chi connectivity index (χ0) is 8.27. The van der Waals surface area contributed by atoms with Crippen molar-refractivity contribution in [2.75, 3.05) is 27.2 Å². The van der Waals surface area contributed by atoms with E-state index in [2.05, 4.69) is 11.8 Å². The van der Waals surface area contributed by atoms with Gasteiger partial charge < -0.3 is 9.64 Å². The Kier molecular flexibility index (Phi) is 2.88. The first-order valence-electron chi connectivity index (χ1n) is 4.13. The van der Waals surface area contributed by atoms with Gasteiger partial charge in [-0.3, -0.25) is 4.79 Å². The van der Waals surface area contributed by atoms with Crippen molar-refractivity contribution < 1.29 is 14.4 Å². The van der Waals surface area contributed by atoms with E-state index in [-0.39, 0.29) is 11.9 Å². The summed E-state index contributed by atoms with van der Waals surface area (Å²) in [6.45, 7) is 2.13. The highest BCUT2D eigenvalue weighted by atomic mass is 16.5. The molecule has 1 N–H and O–H groups in total. The van der Waals surface area contributed by atoms with Gasteiger partial charge in [-0.25, -0.2) is 0 Å². The molecule has 1 aliphatic rings. The first-order chi connectivity index (χ1) is 5.24. The van der Waals surface area contributed by atoms with Gasteiger partial charge in [0.2, 0.25) is 0 Å². The van der Waals surface area contributed by atoms with Crippen LogP contribution in [0.1, 0.15) is 12.8 Å². The van der Waals surface area contributed by atoms with Crippen molar-refractivity contribution >= 4 is 5.97 Å². The lowest BCUT2D eigenvalue weighted by Crippen LogP contribution is -3.10. The molecule has 1 heterocycles. The van der Waals surface area contributed by atoms with Crippen LogP contribution in [0.5, 0.6) is 0 Å². The number of ether oxygens (including phenoxy) is 1. The minimum Gasteiger partial charge on any atom is -0.469 e. The van der Waals surface area contributed by atoms with E-state index in [0.29, 0.717) is 0 Å². The van der Waals surface area contributed by atoms with E-state index in [9.17, 15) is 4.79 Å². The van der Waals surface area contributed by atoms with Crippen molar-refractivity contribution in [2.24, 2.45) is 5.92 Å². The van der Waals surface area contributed by atoms with Crippen LogP contribution in [-0.2, 0) is 9.53 Å². The molecule has 11 heavy (non-hydrogen) atoms. The Labute approximate surface area is 67.3 Å². The molecule has 0 saturated carbocycles. The second kappa shape index (κ2) is 3.72. The van der Waals surface area contributed by atoms with Crippen molar-refractivity contribution in [3.05, 3.63) is 0 Å². The lowest BCUT2D eigenvalue weighted by molar-refractivity contribution is -0.887. The topological polar surface area (TPSA) is 30.7 Å². The first kappa shape index (κ1) is 8.53. The molecule has 0 radical (unpaired) electrons. The largest absolute Gasteiger partial charge is 0.469 e. The summed E-state index contributed by atoms with van der Waals surface area (Å²) in [4.78, 5) is 12.5. The number of carbonyl (C=O) groups is 1. The second-order valence-corrected chi connectivity index (χ2v) is 3.27. The van der Waals surface area contributed by atoms with Crippen LogP contribution in [-0.4, -0.2) is 33.2 Å². The van der Waals surface area contributed by atoms with Gasteiger partial charge in [0.25, 0.3) is 0 Å². The summed E-state index contributed by atoms with van der Waals surface area (Å²) in [7, 11) is 3.58. The summed E-state index contributed by atoms with van der Waals surface area (Å²) >= 11 is 0. The maximum Gasteiger partial charge on any atom is 0.314 e. The summed E-state index contributed by atoms with van der Waals surface area (Å²) in [5.74, 6) is 0.109. The SMILES string of the molecule is COC(=O)[C@H]1CCC[NH+](C)C1. The normalized spacial score (nSPS) is 31.5. The van der Waals surface area contributed by atoms with E-state index < -0.39 is 0 Å². The van der Waals surface area contributed by atoms with Gasteiger partial charge in [-0.05, 0) is 12.8 Å². The molecular formula is C8H16NO2+. The van der Waals surface area contributed by atoms with Crippen molar-refractivity contribution in [3.8, 4) is 0 Å². The number of carbonyl (C=O) groups excluding carboxylic acids is 1. The summed E-state index contributed by atoms with van der Waals surface area (Å²) in [6.07, 6.45) is 2.15. The van der Waals surface area contributed by atoms with Crippen molar-refractivity contribution in [3.63, 3.8) is 0 Å². The zero-order valence-electron chi connectivity index (χ0n) is 7.22. The van der Waals surface area contributed by atoms with E-state index in [1.54, 1.807) is 0 Å². The average molecular weight is 158 g/mol. The molecule has 1 saturated heterocycles. The smallest absolute Gasteiger partial charge is 0.314 e. The van der Waals surface area contributed by atoms with Crippen LogP contribution >= 0.6 is 0 Å². The maximum absolute atomic E-state index is 11.1. The van der Waals surface area contributed by atoms with Crippen LogP contribution in [0.3, 0.4) is 0 Å². The van der Waals surface area contributed by atoms with Gasteiger partial charge in [0.15, 0.2) is 0 Å². The standard InChI is InChI=1S/C8H15NO2/c1-9-5-3-4-7(6-9)8(10)11-2/h7H,3-6H2,1-2H3/p+1/t7-/m0/s1. The van der Waals surface area contributed by atoms with Gasteiger partial charge in [0, 0.05) is 0 Å². The highest BCUT2D eigenvalue weighted by Gasteiger charge is 2.26. The lowest BCUT2D eigenvalue weighted by Gasteiger charge is -2.24. The molecule has 0 aromatic heterocycles. The molecule has 0 aromatic rings. The van der Waals surface area contributed by atoms with Crippen LogP contribution in [0.4, 0.5) is 0 Å². The van der Waals surface area contributed by atoms with Crippen LogP contribution in [0.2, 0.25) is 0 Å². The maximum atomic E-state index is 11.1. The van der Waals surface area contributed by atoms with Gasteiger partial charge in [0.1, 0.15) is 5.92 Å². The van der Waals surface area contributed by atoms with Crippen molar-refractivity contribution in [2.45, 2.75) is 12.8 Å².